The van der Waals surface area contributed by atoms with Crippen LogP contribution >= 0.6 is 0 Å². The van der Waals surface area contributed by atoms with Gasteiger partial charge in [0.25, 0.3) is 0 Å². The molecule has 2 N–H and O–H groups in total. The third-order valence-corrected chi connectivity index (χ3v) is 3.22. The Bertz CT molecular complexity index is 378. The molecule has 0 radical (unpaired) electrons. The second-order valence-electron chi connectivity index (χ2n) is 4.42. The van der Waals surface area contributed by atoms with Gasteiger partial charge in [-0.05, 0) is 56.0 Å². The highest BCUT2D eigenvalue weighted by molar-refractivity contribution is 5.36. The van der Waals surface area contributed by atoms with Crippen LogP contribution in [0.3, 0.4) is 0 Å². The average molecular weight is 223 g/mol. The van der Waals surface area contributed by atoms with E-state index in [0.29, 0.717) is 12.1 Å². The van der Waals surface area contributed by atoms with E-state index >= 15 is 0 Å². The highest BCUT2D eigenvalue weighted by atomic mass is 19.1. The lowest BCUT2D eigenvalue weighted by Gasteiger charge is -2.19. The topological polar surface area (TPSA) is 32.3 Å². The lowest BCUT2D eigenvalue weighted by molar-refractivity contribution is 0.173. The Labute approximate surface area is 95.5 Å². The van der Waals surface area contributed by atoms with E-state index in [0.717, 1.165) is 24.8 Å². The lowest BCUT2D eigenvalue weighted by atomic mass is 9.89. The van der Waals surface area contributed by atoms with E-state index in [9.17, 15) is 9.50 Å². The number of fused-ring (bicyclic) bond motifs is 1. The number of hydrogen-bond acceptors (Lipinski definition) is 2. The fourth-order valence-corrected chi connectivity index (χ4v) is 2.33. The largest absolute Gasteiger partial charge is 0.387 e. The minimum absolute atomic E-state index is 0.275. The van der Waals surface area contributed by atoms with Gasteiger partial charge in [0.2, 0.25) is 0 Å². The molecule has 0 bridgehead atoms. The first-order chi connectivity index (χ1) is 7.72. The second kappa shape index (κ2) is 4.93. The number of nitrogens with one attached hydrogen (secondary N) is 1. The van der Waals surface area contributed by atoms with Crippen molar-refractivity contribution in [2.24, 2.45) is 0 Å². The number of benzene rings is 1. The molecule has 2 rings (SSSR count). The third-order valence-electron chi connectivity index (χ3n) is 3.22. The molecule has 0 heterocycles. The van der Waals surface area contributed by atoms with Crippen molar-refractivity contribution >= 4 is 0 Å². The summed E-state index contributed by atoms with van der Waals surface area (Å²) in [7, 11) is 1.75. The van der Waals surface area contributed by atoms with Crippen LogP contribution in [0.15, 0.2) is 12.1 Å². The standard InChI is InChI=1S/C13H18FNO/c1-15-8-13(16)11-6-9-4-2-3-5-10(9)7-12(11)14/h6-7,13,15-16H,2-5,8H2,1H3. The number of likely N-dealkylation sites (N-methyl/N-ethyl adjacent to an activating group) is 1. The Hall–Kier alpha value is -0.930. The molecule has 0 saturated heterocycles. The van der Waals surface area contributed by atoms with Crippen LogP contribution in [0, 0.1) is 5.82 Å². The molecule has 1 aliphatic rings. The van der Waals surface area contributed by atoms with Gasteiger partial charge in [0.15, 0.2) is 0 Å². The highest BCUT2D eigenvalue weighted by Crippen LogP contribution is 2.27. The minimum atomic E-state index is -0.753. The molecule has 16 heavy (non-hydrogen) atoms. The molecular formula is C13H18FNO. The molecule has 2 nitrogen and oxygen atoms in total. The monoisotopic (exact) mass is 223 g/mol. The van der Waals surface area contributed by atoms with Crippen molar-refractivity contribution in [1.82, 2.24) is 5.32 Å². The molecule has 1 aromatic carbocycles. The van der Waals surface area contributed by atoms with Gasteiger partial charge in [0, 0.05) is 12.1 Å². The molecule has 0 amide bonds. The summed E-state index contributed by atoms with van der Waals surface area (Å²) in [6, 6.07) is 3.44. The minimum Gasteiger partial charge on any atom is -0.387 e. The Balaban J connectivity index is 2.31. The summed E-state index contributed by atoms with van der Waals surface area (Å²) < 4.78 is 13.8. The summed E-state index contributed by atoms with van der Waals surface area (Å²) in [6.07, 6.45) is 3.53. The van der Waals surface area contributed by atoms with Crippen LogP contribution in [0.2, 0.25) is 0 Å². The maximum atomic E-state index is 13.8. The van der Waals surface area contributed by atoms with Crippen molar-refractivity contribution in [1.29, 1.82) is 0 Å². The van der Waals surface area contributed by atoms with Gasteiger partial charge in [-0.25, -0.2) is 4.39 Å². The van der Waals surface area contributed by atoms with E-state index in [4.69, 9.17) is 0 Å². The molecule has 0 aliphatic heterocycles. The number of aliphatic hydroxyl groups excluding tert-OH is 1. The number of aryl methyl sites for hydroxylation is 2. The van der Waals surface area contributed by atoms with Crippen LogP contribution in [0.4, 0.5) is 4.39 Å². The molecule has 0 aromatic heterocycles. The molecule has 0 fully saturated rings. The fourth-order valence-electron chi connectivity index (χ4n) is 2.33. The molecule has 1 aromatic rings. The second-order valence-corrected chi connectivity index (χ2v) is 4.42. The van der Waals surface area contributed by atoms with Gasteiger partial charge >= 0.3 is 0 Å². The van der Waals surface area contributed by atoms with E-state index in [2.05, 4.69) is 5.32 Å². The summed E-state index contributed by atoms with van der Waals surface area (Å²) in [4.78, 5) is 0. The molecule has 1 aliphatic carbocycles. The maximum Gasteiger partial charge on any atom is 0.129 e. The van der Waals surface area contributed by atoms with Crippen molar-refractivity contribution < 1.29 is 9.50 Å². The molecule has 3 heteroatoms. The first-order valence-electron chi connectivity index (χ1n) is 5.86. The summed E-state index contributed by atoms with van der Waals surface area (Å²) in [5.41, 5.74) is 2.75. The summed E-state index contributed by atoms with van der Waals surface area (Å²) in [5.74, 6) is -0.275. The molecule has 88 valence electrons. The number of aliphatic hydroxyl groups is 1. The number of halogens is 1. The summed E-state index contributed by atoms with van der Waals surface area (Å²) >= 11 is 0. The highest BCUT2D eigenvalue weighted by Gasteiger charge is 2.17. The van der Waals surface area contributed by atoms with Crippen LogP contribution in [-0.2, 0) is 12.8 Å². The van der Waals surface area contributed by atoms with E-state index in [1.807, 2.05) is 6.07 Å². The van der Waals surface area contributed by atoms with Gasteiger partial charge in [0.1, 0.15) is 5.82 Å². The van der Waals surface area contributed by atoms with Gasteiger partial charge in [-0.3, -0.25) is 0 Å². The Morgan fingerprint density at radius 1 is 1.31 bits per heavy atom. The lowest BCUT2D eigenvalue weighted by Crippen LogP contribution is -2.18. The number of hydrogen-bond donors (Lipinski definition) is 2. The molecule has 1 atom stereocenters. The van der Waals surface area contributed by atoms with E-state index in [-0.39, 0.29) is 5.82 Å². The Morgan fingerprint density at radius 3 is 2.56 bits per heavy atom. The van der Waals surface area contributed by atoms with E-state index in [1.165, 1.54) is 12.0 Å². The van der Waals surface area contributed by atoms with Crippen molar-refractivity contribution in [3.05, 3.63) is 34.6 Å². The molecule has 0 saturated carbocycles. The van der Waals surface area contributed by atoms with Gasteiger partial charge < -0.3 is 10.4 Å². The van der Waals surface area contributed by atoms with Crippen LogP contribution in [0.25, 0.3) is 0 Å². The van der Waals surface area contributed by atoms with Gasteiger partial charge in [-0.2, -0.15) is 0 Å². The smallest absolute Gasteiger partial charge is 0.129 e. The molecular weight excluding hydrogens is 205 g/mol. The zero-order chi connectivity index (χ0) is 11.5. The van der Waals surface area contributed by atoms with E-state index in [1.54, 1.807) is 13.1 Å². The van der Waals surface area contributed by atoms with Gasteiger partial charge in [-0.1, -0.05) is 0 Å². The Morgan fingerprint density at radius 2 is 1.94 bits per heavy atom. The average Bonchev–Trinajstić information content (AvgIpc) is 2.28. The van der Waals surface area contributed by atoms with Gasteiger partial charge in [-0.15, -0.1) is 0 Å². The predicted molar refractivity (Wildman–Crippen MR) is 61.9 cm³/mol. The first kappa shape index (κ1) is 11.6. The molecule has 1 unspecified atom stereocenters. The summed E-state index contributed by atoms with van der Waals surface area (Å²) in [5, 5.41) is 12.7. The van der Waals surface area contributed by atoms with Crippen molar-refractivity contribution in [2.45, 2.75) is 31.8 Å². The zero-order valence-electron chi connectivity index (χ0n) is 9.59. The van der Waals surface area contributed by atoms with Crippen LogP contribution < -0.4 is 5.32 Å². The molecule has 0 spiro atoms. The van der Waals surface area contributed by atoms with Crippen molar-refractivity contribution in [2.75, 3.05) is 13.6 Å². The Kier molecular flexibility index (Phi) is 3.56. The fraction of sp³-hybridized carbons (Fsp3) is 0.538. The predicted octanol–water partition coefficient (Wildman–Crippen LogP) is 1.96. The van der Waals surface area contributed by atoms with E-state index < -0.39 is 6.10 Å². The van der Waals surface area contributed by atoms with Crippen molar-refractivity contribution in [3.8, 4) is 0 Å². The zero-order valence-corrected chi connectivity index (χ0v) is 9.59. The normalized spacial score (nSPS) is 16.9. The van der Waals surface area contributed by atoms with Crippen molar-refractivity contribution in [3.63, 3.8) is 0 Å². The quantitative estimate of drug-likeness (QED) is 0.821. The summed E-state index contributed by atoms with van der Waals surface area (Å²) in [6.45, 7) is 0.385. The van der Waals surface area contributed by atoms with Crippen LogP contribution in [0.1, 0.15) is 35.6 Å². The SMILES string of the molecule is CNCC(O)c1cc2c(cc1F)CCCC2. The van der Waals surface area contributed by atoms with Crippen LogP contribution in [-0.4, -0.2) is 18.7 Å². The van der Waals surface area contributed by atoms with Crippen LogP contribution in [0.5, 0.6) is 0 Å². The third kappa shape index (κ3) is 2.25. The number of rotatable bonds is 3. The van der Waals surface area contributed by atoms with Gasteiger partial charge in [0.05, 0.1) is 6.10 Å². The first-order valence-corrected chi connectivity index (χ1v) is 5.86. The maximum absolute atomic E-state index is 13.8.